The minimum absolute atomic E-state index is 0.653. The number of aldehydes is 2. The number of rotatable bonds is 5. The van der Waals surface area contributed by atoms with E-state index in [9.17, 15) is 9.59 Å². The number of aryl methyl sites for hydroxylation is 2. The van der Waals surface area contributed by atoms with Crippen LogP contribution in [0.5, 0.6) is 0 Å². The van der Waals surface area contributed by atoms with Gasteiger partial charge in [-0.25, -0.2) is 0 Å². The number of carbonyl (C=O) groups is 2. The number of nitrogens with zero attached hydrogens (tertiary/aromatic N) is 2. The number of hydrogen-bond acceptors (Lipinski definition) is 2. The molecule has 0 amide bonds. The van der Waals surface area contributed by atoms with E-state index in [0.29, 0.717) is 24.5 Å². The van der Waals surface area contributed by atoms with E-state index in [4.69, 9.17) is 0 Å². The summed E-state index contributed by atoms with van der Waals surface area (Å²) in [5, 5.41) is 0. The SMILES string of the molecule is O=Cc1cccn1CCn1cccc1C=O. The first-order valence-corrected chi connectivity index (χ1v) is 5.06. The molecule has 0 aliphatic rings. The van der Waals surface area contributed by atoms with Crippen molar-refractivity contribution in [2.45, 2.75) is 13.1 Å². The van der Waals surface area contributed by atoms with Crippen LogP contribution in [-0.2, 0) is 13.1 Å². The van der Waals surface area contributed by atoms with Crippen LogP contribution < -0.4 is 0 Å². The highest BCUT2D eigenvalue weighted by Crippen LogP contribution is 2.03. The molecule has 0 saturated heterocycles. The van der Waals surface area contributed by atoms with Gasteiger partial charge >= 0.3 is 0 Å². The van der Waals surface area contributed by atoms with Gasteiger partial charge in [-0.3, -0.25) is 9.59 Å². The topological polar surface area (TPSA) is 44.0 Å². The van der Waals surface area contributed by atoms with E-state index < -0.39 is 0 Å². The van der Waals surface area contributed by atoms with Gasteiger partial charge in [0.15, 0.2) is 12.6 Å². The standard InChI is InChI=1S/C12H12N2O2/c15-9-11-3-1-5-13(11)7-8-14-6-2-4-12(14)10-16/h1-6,9-10H,7-8H2. The highest BCUT2D eigenvalue weighted by molar-refractivity contribution is 5.72. The van der Waals surface area contributed by atoms with Crippen LogP contribution in [0.3, 0.4) is 0 Å². The van der Waals surface area contributed by atoms with Crippen LogP contribution in [0.2, 0.25) is 0 Å². The van der Waals surface area contributed by atoms with E-state index in [0.717, 1.165) is 12.6 Å². The van der Waals surface area contributed by atoms with E-state index in [-0.39, 0.29) is 0 Å². The van der Waals surface area contributed by atoms with Crippen molar-refractivity contribution in [3.8, 4) is 0 Å². The van der Waals surface area contributed by atoms with Gasteiger partial charge in [-0.15, -0.1) is 0 Å². The first-order valence-electron chi connectivity index (χ1n) is 5.06. The maximum absolute atomic E-state index is 10.7. The Bertz CT molecular complexity index is 450. The zero-order valence-electron chi connectivity index (χ0n) is 8.74. The quantitative estimate of drug-likeness (QED) is 0.713. The van der Waals surface area contributed by atoms with E-state index in [1.807, 2.05) is 33.7 Å². The third-order valence-electron chi connectivity index (χ3n) is 2.55. The van der Waals surface area contributed by atoms with Gasteiger partial charge in [0.25, 0.3) is 0 Å². The molecule has 0 aromatic carbocycles. The van der Waals surface area contributed by atoms with Crippen molar-refractivity contribution < 1.29 is 9.59 Å². The van der Waals surface area contributed by atoms with E-state index in [1.54, 1.807) is 12.1 Å². The van der Waals surface area contributed by atoms with Crippen molar-refractivity contribution >= 4 is 12.6 Å². The maximum atomic E-state index is 10.7. The molecule has 2 aromatic heterocycles. The Kier molecular flexibility index (Phi) is 3.00. The second kappa shape index (κ2) is 4.61. The second-order valence-corrected chi connectivity index (χ2v) is 3.49. The molecule has 0 saturated carbocycles. The predicted octanol–water partition coefficient (Wildman–Crippen LogP) is 1.61. The lowest BCUT2D eigenvalue weighted by Crippen LogP contribution is -2.09. The fourth-order valence-corrected chi connectivity index (χ4v) is 1.69. The smallest absolute Gasteiger partial charge is 0.166 e. The van der Waals surface area contributed by atoms with Gasteiger partial charge < -0.3 is 9.13 Å². The highest BCUT2D eigenvalue weighted by Gasteiger charge is 2.01. The Morgan fingerprint density at radius 1 is 0.875 bits per heavy atom. The summed E-state index contributed by atoms with van der Waals surface area (Å²) in [6, 6.07) is 7.20. The minimum atomic E-state index is 0.653. The molecule has 2 rings (SSSR count). The molecular weight excluding hydrogens is 204 g/mol. The molecular formula is C12H12N2O2. The molecule has 4 heteroatoms. The molecule has 0 atom stereocenters. The van der Waals surface area contributed by atoms with Crippen molar-refractivity contribution in [3.63, 3.8) is 0 Å². The largest absolute Gasteiger partial charge is 0.344 e. The van der Waals surface area contributed by atoms with Crippen LogP contribution in [0.25, 0.3) is 0 Å². The summed E-state index contributed by atoms with van der Waals surface area (Å²) in [6.45, 7) is 1.35. The van der Waals surface area contributed by atoms with E-state index in [2.05, 4.69) is 0 Å². The molecule has 82 valence electrons. The average molecular weight is 216 g/mol. The summed E-state index contributed by atoms with van der Waals surface area (Å²) >= 11 is 0. The molecule has 2 aromatic rings. The summed E-state index contributed by atoms with van der Waals surface area (Å²) < 4.78 is 3.73. The van der Waals surface area contributed by atoms with Gasteiger partial charge in [-0.2, -0.15) is 0 Å². The van der Waals surface area contributed by atoms with Crippen LogP contribution in [-0.4, -0.2) is 21.7 Å². The fourth-order valence-electron chi connectivity index (χ4n) is 1.69. The Morgan fingerprint density at radius 2 is 1.31 bits per heavy atom. The Hall–Kier alpha value is -2.10. The Labute approximate surface area is 93.1 Å². The average Bonchev–Trinajstić information content (AvgIpc) is 2.94. The summed E-state index contributed by atoms with van der Waals surface area (Å²) in [5.74, 6) is 0. The zero-order valence-corrected chi connectivity index (χ0v) is 8.74. The molecule has 0 spiro atoms. The normalized spacial score (nSPS) is 10.2. The van der Waals surface area contributed by atoms with Crippen molar-refractivity contribution in [1.29, 1.82) is 0 Å². The van der Waals surface area contributed by atoms with Gasteiger partial charge in [0.1, 0.15) is 0 Å². The molecule has 16 heavy (non-hydrogen) atoms. The van der Waals surface area contributed by atoms with Crippen molar-refractivity contribution in [1.82, 2.24) is 9.13 Å². The Morgan fingerprint density at radius 3 is 1.69 bits per heavy atom. The van der Waals surface area contributed by atoms with Gasteiger partial charge in [0, 0.05) is 25.5 Å². The lowest BCUT2D eigenvalue weighted by atomic mass is 10.4. The number of hydrogen-bond donors (Lipinski definition) is 0. The minimum Gasteiger partial charge on any atom is -0.344 e. The van der Waals surface area contributed by atoms with Crippen LogP contribution in [0.15, 0.2) is 36.7 Å². The fraction of sp³-hybridized carbons (Fsp3) is 0.167. The lowest BCUT2D eigenvalue weighted by molar-refractivity contribution is 0.110. The monoisotopic (exact) mass is 216 g/mol. The van der Waals surface area contributed by atoms with Gasteiger partial charge in [0.05, 0.1) is 11.4 Å². The summed E-state index contributed by atoms with van der Waals surface area (Å²) in [4.78, 5) is 21.4. The molecule has 0 fully saturated rings. The summed E-state index contributed by atoms with van der Waals surface area (Å²) in [5.41, 5.74) is 1.31. The molecule has 0 bridgehead atoms. The Balaban J connectivity index is 2.07. The maximum Gasteiger partial charge on any atom is 0.166 e. The molecule has 0 aliphatic carbocycles. The van der Waals surface area contributed by atoms with Crippen LogP contribution in [0, 0.1) is 0 Å². The molecule has 0 aliphatic heterocycles. The first-order chi connectivity index (χ1) is 7.85. The molecule has 0 radical (unpaired) electrons. The number of aromatic nitrogens is 2. The van der Waals surface area contributed by atoms with Gasteiger partial charge in [-0.1, -0.05) is 0 Å². The number of carbonyl (C=O) groups excluding carboxylic acids is 2. The van der Waals surface area contributed by atoms with Crippen molar-refractivity contribution in [2.24, 2.45) is 0 Å². The third kappa shape index (κ3) is 1.95. The van der Waals surface area contributed by atoms with E-state index in [1.165, 1.54) is 0 Å². The zero-order chi connectivity index (χ0) is 11.4. The first kappa shape index (κ1) is 10.4. The van der Waals surface area contributed by atoms with Crippen molar-refractivity contribution in [2.75, 3.05) is 0 Å². The van der Waals surface area contributed by atoms with Crippen LogP contribution in [0.1, 0.15) is 21.0 Å². The summed E-state index contributed by atoms with van der Waals surface area (Å²) in [7, 11) is 0. The molecule has 0 unspecified atom stereocenters. The molecule has 0 N–H and O–H groups in total. The third-order valence-corrected chi connectivity index (χ3v) is 2.55. The van der Waals surface area contributed by atoms with E-state index >= 15 is 0 Å². The van der Waals surface area contributed by atoms with Crippen molar-refractivity contribution in [3.05, 3.63) is 48.0 Å². The van der Waals surface area contributed by atoms with Gasteiger partial charge in [-0.05, 0) is 24.3 Å². The van der Waals surface area contributed by atoms with Crippen LogP contribution in [0.4, 0.5) is 0 Å². The lowest BCUT2D eigenvalue weighted by Gasteiger charge is -2.07. The second-order valence-electron chi connectivity index (χ2n) is 3.49. The van der Waals surface area contributed by atoms with Gasteiger partial charge in [0.2, 0.25) is 0 Å². The molecule has 4 nitrogen and oxygen atoms in total. The predicted molar refractivity (Wildman–Crippen MR) is 59.6 cm³/mol. The highest BCUT2D eigenvalue weighted by atomic mass is 16.1. The summed E-state index contributed by atoms with van der Waals surface area (Å²) in [6.07, 6.45) is 5.37. The van der Waals surface area contributed by atoms with Crippen LogP contribution >= 0.6 is 0 Å². The molecule has 2 heterocycles.